The molecule has 0 atom stereocenters. The molecular weight excluding hydrogens is 426 g/mol. The first-order valence-electron chi connectivity index (χ1n) is 9.72. The van der Waals surface area contributed by atoms with Crippen molar-refractivity contribution in [2.45, 2.75) is 9.79 Å². The van der Waals surface area contributed by atoms with Crippen molar-refractivity contribution in [2.75, 3.05) is 6.61 Å². The summed E-state index contributed by atoms with van der Waals surface area (Å²) in [6.07, 6.45) is 0. The minimum atomic E-state index is -0.608. The van der Waals surface area contributed by atoms with Gasteiger partial charge in [-0.1, -0.05) is 66.4 Å². The van der Waals surface area contributed by atoms with Gasteiger partial charge in [-0.05, 0) is 35.0 Å². The third-order valence-corrected chi connectivity index (χ3v) is 5.89. The number of carbonyl (C=O) groups excluding carboxylic acids is 2. The van der Waals surface area contributed by atoms with E-state index in [1.165, 1.54) is 23.9 Å². The molecule has 0 aromatic heterocycles. The van der Waals surface area contributed by atoms with Crippen LogP contribution in [0.1, 0.15) is 20.7 Å². The summed E-state index contributed by atoms with van der Waals surface area (Å²) in [6, 6.07) is 25.9. The molecule has 0 spiro atoms. The molecule has 0 aliphatic heterocycles. The number of ketones is 1. The van der Waals surface area contributed by atoms with E-state index in [1.54, 1.807) is 48.5 Å². The first kappa shape index (κ1) is 21.3. The second-order valence-electron chi connectivity index (χ2n) is 6.88. The molecule has 0 radical (unpaired) electrons. The Hall–Kier alpha value is -3.97. The maximum Gasteiger partial charge on any atom is 0.339 e. The van der Waals surface area contributed by atoms with E-state index >= 15 is 0 Å². The number of fused-ring (bicyclic) bond motifs is 1. The highest BCUT2D eigenvalue weighted by Crippen LogP contribution is 2.32. The standard InChI is InChI=1S/C25H17NO5S/c27-23(21-10-5-7-17-6-1-2-8-20(17)21)16-31-25(28)22-9-3-4-11-24(22)32-19-14-12-18(13-15-19)26(29)30/h1-15H,16H2. The van der Waals surface area contributed by atoms with Gasteiger partial charge in [-0.15, -0.1) is 0 Å². The van der Waals surface area contributed by atoms with E-state index in [-0.39, 0.29) is 18.1 Å². The molecule has 4 aromatic carbocycles. The van der Waals surface area contributed by atoms with E-state index < -0.39 is 10.9 Å². The molecule has 0 aliphatic carbocycles. The topological polar surface area (TPSA) is 86.5 Å². The van der Waals surface area contributed by atoms with E-state index in [1.807, 2.05) is 30.3 Å². The zero-order chi connectivity index (χ0) is 22.5. The van der Waals surface area contributed by atoms with Crippen molar-refractivity contribution in [1.82, 2.24) is 0 Å². The van der Waals surface area contributed by atoms with Gasteiger partial charge in [0.15, 0.2) is 6.61 Å². The molecule has 0 N–H and O–H groups in total. The second-order valence-corrected chi connectivity index (χ2v) is 7.99. The van der Waals surface area contributed by atoms with E-state index in [2.05, 4.69) is 0 Å². The molecular formula is C25H17NO5S. The number of ether oxygens (including phenoxy) is 1. The molecule has 0 aliphatic rings. The summed E-state index contributed by atoms with van der Waals surface area (Å²) in [5, 5.41) is 12.6. The van der Waals surface area contributed by atoms with Crippen LogP contribution in [0.5, 0.6) is 0 Å². The van der Waals surface area contributed by atoms with Gasteiger partial charge < -0.3 is 4.74 Å². The first-order chi connectivity index (χ1) is 15.5. The van der Waals surface area contributed by atoms with Gasteiger partial charge in [-0.2, -0.15) is 0 Å². The maximum absolute atomic E-state index is 12.7. The number of rotatable bonds is 7. The SMILES string of the molecule is O=C(OCC(=O)c1cccc2ccccc12)c1ccccc1Sc1ccc([N+](=O)[O-])cc1. The Morgan fingerprint density at radius 3 is 2.25 bits per heavy atom. The van der Waals surface area contributed by atoms with Crippen LogP contribution in [0.25, 0.3) is 10.8 Å². The summed E-state index contributed by atoms with van der Waals surface area (Å²) in [5.74, 6) is -0.890. The lowest BCUT2D eigenvalue weighted by Gasteiger charge is -2.10. The number of nitrogens with zero attached hydrogens (tertiary/aromatic N) is 1. The van der Waals surface area contributed by atoms with Crippen LogP contribution in [0.4, 0.5) is 5.69 Å². The van der Waals surface area contributed by atoms with Gasteiger partial charge in [0.1, 0.15) is 0 Å². The van der Waals surface area contributed by atoms with Gasteiger partial charge in [-0.3, -0.25) is 14.9 Å². The summed E-state index contributed by atoms with van der Waals surface area (Å²) in [7, 11) is 0. The molecule has 4 aromatic rings. The Morgan fingerprint density at radius 1 is 0.812 bits per heavy atom. The number of esters is 1. The molecule has 0 heterocycles. The number of benzene rings is 4. The third kappa shape index (κ3) is 4.68. The molecule has 0 bridgehead atoms. The predicted molar refractivity (Wildman–Crippen MR) is 122 cm³/mol. The Labute approximate surface area is 188 Å². The molecule has 6 nitrogen and oxygen atoms in total. The summed E-state index contributed by atoms with van der Waals surface area (Å²) in [6.45, 7) is -0.372. The fourth-order valence-electron chi connectivity index (χ4n) is 3.24. The third-order valence-electron chi connectivity index (χ3n) is 4.81. The van der Waals surface area contributed by atoms with Gasteiger partial charge in [0.05, 0.1) is 10.5 Å². The van der Waals surface area contributed by atoms with Crippen molar-refractivity contribution >= 4 is 40.0 Å². The van der Waals surface area contributed by atoms with Gasteiger partial charge in [-0.25, -0.2) is 4.79 Å². The zero-order valence-electron chi connectivity index (χ0n) is 16.8. The van der Waals surface area contributed by atoms with Crippen LogP contribution in [-0.4, -0.2) is 23.3 Å². The highest BCUT2D eigenvalue weighted by molar-refractivity contribution is 7.99. The molecule has 0 saturated heterocycles. The Balaban J connectivity index is 1.48. The lowest BCUT2D eigenvalue weighted by Crippen LogP contribution is -2.15. The molecule has 32 heavy (non-hydrogen) atoms. The van der Waals surface area contributed by atoms with E-state index in [0.717, 1.165) is 15.7 Å². The van der Waals surface area contributed by atoms with Crippen molar-refractivity contribution in [3.8, 4) is 0 Å². The molecule has 0 amide bonds. The van der Waals surface area contributed by atoms with Gasteiger partial charge in [0, 0.05) is 27.5 Å². The van der Waals surface area contributed by atoms with Crippen LogP contribution in [0.3, 0.4) is 0 Å². The number of carbonyl (C=O) groups is 2. The van der Waals surface area contributed by atoms with Crippen molar-refractivity contribution in [3.05, 3.63) is 112 Å². The summed E-state index contributed by atoms with van der Waals surface area (Å²) in [4.78, 5) is 37.2. The average Bonchev–Trinajstić information content (AvgIpc) is 2.82. The van der Waals surface area contributed by atoms with E-state index in [4.69, 9.17) is 4.74 Å². The quantitative estimate of drug-likeness (QED) is 0.152. The summed E-state index contributed by atoms with van der Waals surface area (Å²) >= 11 is 1.29. The van der Waals surface area contributed by atoms with Crippen LogP contribution in [0.2, 0.25) is 0 Å². The van der Waals surface area contributed by atoms with Crippen LogP contribution in [0.15, 0.2) is 101 Å². The van der Waals surface area contributed by atoms with Gasteiger partial charge >= 0.3 is 5.97 Å². The zero-order valence-corrected chi connectivity index (χ0v) is 17.6. The highest BCUT2D eigenvalue weighted by Gasteiger charge is 2.17. The minimum absolute atomic E-state index is 0.00556. The van der Waals surface area contributed by atoms with Crippen molar-refractivity contribution < 1.29 is 19.2 Å². The number of nitro benzene ring substituents is 1. The average molecular weight is 443 g/mol. The van der Waals surface area contributed by atoms with E-state index in [0.29, 0.717) is 16.0 Å². The van der Waals surface area contributed by atoms with Crippen LogP contribution in [0, 0.1) is 10.1 Å². The van der Waals surface area contributed by atoms with Crippen LogP contribution in [-0.2, 0) is 4.74 Å². The van der Waals surface area contributed by atoms with Crippen molar-refractivity contribution in [2.24, 2.45) is 0 Å². The Morgan fingerprint density at radius 2 is 1.47 bits per heavy atom. The number of non-ortho nitro benzene ring substituents is 1. The van der Waals surface area contributed by atoms with Gasteiger partial charge in [0.2, 0.25) is 5.78 Å². The lowest BCUT2D eigenvalue weighted by atomic mass is 10.0. The van der Waals surface area contributed by atoms with Gasteiger partial charge in [0.25, 0.3) is 5.69 Å². The largest absolute Gasteiger partial charge is 0.454 e. The molecule has 7 heteroatoms. The summed E-state index contributed by atoms with van der Waals surface area (Å²) < 4.78 is 5.33. The number of hydrogen-bond acceptors (Lipinski definition) is 6. The fraction of sp³-hybridized carbons (Fsp3) is 0.0400. The molecule has 158 valence electrons. The molecule has 0 saturated carbocycles. The van der Waals surface area contributed by atoms with Crippen molar-refractivity contribution in [1.29, 1.82) is 0 Å². The summed E-state index contributed by atoms with van der Waals surface area (Å²) in [5.41, 5.74) is 0.819. The molecule has 0 fully saturated rings. The molecule has 0 unspecified atom stereocenters. The van der Waals surface area contributed by atoms with Crippen LogP contribution < -0.4 is 0 Å². The maximum atomic E-state index is 12.7. The first-order valence-corrected chi connectivity index (χ1v) is 10.5. The second kappa shape index (κ2) is 9.45. The van der Waals surface area contributed by atoms with E-state index in [9.17, 15) is 19.7 Å². The van der Waals surface area contributed by atoms with Crippen molar-refractivity contribution in [3.63, 3.8) is 0 Å². The van der Waals surface area contributed by atoms with Crippen LogP contribution >= 0.6 is 11.8 Å². The Bertz CT molecular complexity index is 1310. The monoisotopic (exact) mass is 443 g/mol. The fourth-order valence-corrected chi connectivity index (χ4v) is 4.18. The minimum Gasteiger partial charge on any atom is -0.454 e. The molecule has 4 rings (SSSR count). The smallest absolute Gasteiger partial charge is 0.339 e. The normalized spacial score (nSPS) is 10.6. The number of hydrogen-bond donors (Lipinski definition) is 0. The highest BCUT2D eigenvalue weighted by atomic mass is 32.2. The predicted octanol–water partition coefficient (Wildman–Crippen LogP) is 5.94. The number of nitro groups is 1. The number of Topliss-reactive ketones (excluding diaryl/α,β-unsaturated/α-hetero) is 1. The Kier molecular flexibility index (Phi) is 6.28. The lowest BCUT2D eigenvalue weighted by molar-refractivity contribution is -0.384.